The van der Waals surface area contributed by atoms with Gasteiger partial charge in [-0.25, -0.2) is 22.0 Å². The molecule has 0 aliphatic heterocycles. The van der Waals surface area contributed by atoms with Crippen molar-refractivity contribution in [1.82, 2.24) is 0 Å². The molecule has 26 heavy (non-hydrogen) atoms. The second-order valence-corrected chi connectivity index (χ2v) is 6.17. The van der Waals surface area contributed by atoms with E-state index in [9.17, 15) is 22.0 Å². The first-order valence-electron chi connectivity index (χ1n) is 8.27. The molecule has 0 nitrogen and oxygen atoms in total. The molecule has 0 saturated heterocycles. The van der Waals surface area contributed by atoms with Gasteiger partial charge in [0.15, 0.2) is 17.5 Å². The molecule has 0 atom stereocenters. The summed E-state index contributed by atoms with van der Waals surface area (Å²) in [6.07, 6.45) is 4.79. The summed E-state index contributed by atoms with van der Waals surface area (Å²) in [7, 11) is 0. The summed E-state index contributed by atoms with van der Waals surface area (Å²) in [4.78, 5) is 0. The third-order valence-corrected chi connectivity index (χ3v) is 4.30. The van der Waals surface area contributed by atoms with Crippen molar-refractivity contribution in [2.45, 2.75) is 32.6 Å². The smallest absolute Gasteiger partial charge is 0.194 e. The van der Waals surface area contributed by atoms with Crippen LogP contribution in [0.1, 0.15) is 48.4 Å². The Kier molecular flexibility index (Phi) is 5.13. The standard InChI is InChI=1S/C21H15F5/c1-2-3-12-4-6-15-14(8-12)11-17(22)16(20(15)25)7-5-13-9-18(23)21(26)19(24)10-13/h8-11H,2-4,6H2,1H3. The molecule has 0 aromatic heterocycles. The van der Waals surface area contributed by atoms with Crippen LogP contribution in [0.4, 0.5) is 22.0 Å². The largest absolute Gasteiger partial charge is 0.205 e. The van der Waals surface area contributed by atoms with Gasteiger partial charge in [-0.15, -0.1) is 0 Å². The van der Waals surface area contributed by atoms with Crippen molar-refractivity contribution < 1.29 is 22.0 Å². The summed E-state index contributed by atoms with van der Waals surface area (Å²) in [5.41, 5.74) is 1.37. The van der Waals surface area contributed by atoms with E-state index in [2.05, 4.69) is 11.8 Å². The molecular formula is C21H15F5. The number of hydrogen-bond acceptors (Lipinski definition) is 0. The molecule has 0 spiro atoms. The van der Waals surface area contributed by atoms with Crippen molar-refractivity contribution in [2.24, 2.45) is 0 Å². The average molecular weight is 362 g/mol. The number of benzene rings is 2. The van der Waals surface area contributed by atoms with Crippen LogP contribution in [0.15, 0.2) is 23.8 Å². The zero-order valence-electron chi connectivity index (χ0n) is 14.0. The molecule has 0 radical (unpaired) electrons. The molecule has 2 aromatic carbocycles. The number of fused-ring (bicyclic) bond motifs is 1. The van der Waals surface area contributed by atoms with Gasteiger partial charge in [0.1, 0.15) is 11.6 Å². The number of rotatable bonds is 2. The van der Waals surface area contributed by atoms with Crippen LogP contribution in [0.5, 0.6) is 0 Å². The molecule has 0 heterocycles. The minimum Gasteiger partial charge on any atom is -0.205 e. The minimum absolute atomic E-state index is 0.206. The van der Waals surface area contributed by atoms with E-state index in [-0.39, 0.29) is 5.56 Å². The highest BCUT2D eigenvalue weighted by Gasteiger charge is 2.20. The maximum atomic E-state index is 14.7. The molecule has 1 aliphatic carbocycles. The molecular weight excluding hydrogens is 347 g/mol. The molecule has 0 N–H and O–H groups in total. The summed E-state index contributed by atoms with van der Waals surface area (Å²) in [6, 6.07) is 2.59. The molecule has 0 unspecified atom stereocenters. The summed E-state index contributed by atoms with van der Waals surface area (Å²) in [5, 5.41) is 0. The van der Waals surface area contributed by atoms with Crippen LogP contribution in [0.3, 0.4) is 0 Å². The lowest BCUT2D eigenvalue weighted by Crippen LogP contribution is -2.06. The molecule has 0 fully saturated rings. The van der Waals surface area contributed by atoms with Gasteiger partial charge in [-0.1, -0.05) is 36.8 Å². The van der Waals surface area contributed by atoms with Gasteiger partial charge in [-0.2, -0.15) is 0 Å². The summed E-state index contributed by atoms with van der Waals surface area (Å²) in [5.74, 6) is -1.46. The quantitative estimate of drug-likeness (QED) is 0.354. The Labute approximate surface area is 148 Å². The summed E-state index contributed by atoms with van der Waals surface area (Å²) < 4.78 is 68.3. The molecule has 0 amide bonds. The van der Waals surface area contributed by atoms with E-state index in [4.69, 9.17) is 0 Å². The van der Waals surface area contributed by atoms with E-state index >= 15 is 0 Å². The van der Waals surface area contributed by atoms with E-state index in [1.807, 2.05) is 6.92 Å². The van der Waals surface area contributed by atoms with Crippen LogP contribution in [0.25, 0.3) is 6.08 Å². The van der Waals surface area contributed by atoms with Gasteiger partial charge < -0.3 is 0 Å². The van der Waals surface area contributed by atoms with E-state index in [0.29, 0.717) is 36.1 Å². The first kappa shape index (κ1) is 18.2. The average Bonchev–Trinajstić information content (AvgIpc) is 2.59. The monoisotopic (exact) mass is 362 g/mol. The first-order chi connectivity index (χ1) is 12.4. The Bertz CT molecular complexity index is 938. The van der Waals surface area contributed by atoms with Gasteiger partial charge in [-0.3, -0.25) is 0 Å². The fourth-order valence-electron chi connectivity index (χ4n) is 3.03. The minimum atomic E-state index is -1.61. The highest BCUT2D eigenvalue weighted by Crippen LogP contribution is 2.31. The van der Waals surface area contributed by atoms with Gasteiger partial charge >= 0.3 is 0 Å². The van der Waals surface area contributed by atoms with Crippen molar-refractivity contribution in [1.29, 1.82) is 0 Å². The van der Waals surface area contributed by atoms with Gasteiger partial charge in [-0.05, 0) is 48.6 Å². The van der Waals surface area contributed by atoms with Crippen molar-refractivity contribution in [3.8, 4) is 11.8 Å². The molecule has 1 aliphatic rings. The summed E-state index contributed by atoms with van der Waals surface area (Å²) in [6.45, 7) is 2.04. The topological polar surface area (TPSA) is 0 Å². The lowest BCUT2D eigenvalue weighted by molar-refractivity contribution is 0.446. The third-order valence-electron chi connectivity index (χ3n) is 4.30. The second-order valence-electron chi connectivity index (χ2n) is 6.17. The zero-order chi connectivity index (χ0) is 18.8. The molecule has 5 heteroatoms. The van der Waals surface area contributed by atoms with Crippen LogP contribution < -0.4 is 0 Å². The van der Waals surface area contributed by atoms with Crippen LogP contribution in [0, 0.1) is 40.9 Å². The molecule has 3 rings (SSSR count). The fourth-order valence-corrected chi connectivity index (χ4v) is 3.03. The highest BCUT2D eigenvalue weighted by molar-refractivity contribution is 5.62. The van der Waals surface area contributed by atoms with E-state index in [1.54, 1.807) is 6.08 Å². The molecule has 2 aromatic rings. The SMILES string of the molecule is CCCC1=Cc2cc(F)c(C#Cc3cc(F)c(F)c(F)c3)c(F)c2CC1. The Morgan fingerprint density at radius 3 is 2.19 bits per heavy atom. The highest BCUT2D eigenvalue weighted by atomic mass is 19.2. The van der Waals surface area contributed by atoms with Gasteiger partial charge in [0.2, 0.25) is 0 Å². The van der Waals surface area contributed by atoms with Crippen LogP contribution in [0.2, 0.25) is 0 Å². The third kappa shape index (κ3) is 3.50. The lowest BCUT2D eigenvalue weighted by atomic mass is 9.88. The van der Waals surface area contributed by atoms with Crippen LogP contribution in [-0.4, -0.2) is 0 Å². The Hall–Kier alpha value is -2.61. The van der Waals surface area contributed by atoms with Gasteiger partial charge in [0.05, 0.1) is 5.56 Å². The van der Waals surface area contributed by atoms with E-state index in [0.717, 1.165) is 18.4 Å². The van der Waals surface area contributed by atoms with Crippen molar-refractivity contribution in [3.05, 3.63) is 75.1 Å². The Balaban J connectivity index is 2.02. The predicted molar refractivity (Wildman–Crippen MR) is 89.9 cm³/mol. The second kappa shape index (κ2) is 7.33. The van der Waals surface area contributed by atoms with Crippen LogP contribution >= 0.6 is 0 Å². The Morgan fingerprint density at radius 1 is 0.846 bits per heavy atom. The predicted octanol–water partition coefficient (Wildman–Crippen LogP) is 5.91. The molecule has 0 saturated carbocycles. The lowest BCUT2D eigenvalue weighted by Gasteiger charge is -2.18. The summed E-state index contributed by atoms with van der Waals surface area (Å²) >= 11 is 0. The van der Waals surface area contributed by atoms with Crippen molar-refractivity contribution >= 4 is 6.08 Å². The molecule has 134 valence electrons. The van der Waals surface area contributed by atoms with Crippen LogP contribution in [-0.2, 0) is 6.42 Å². The van der Waals surface area contributed by atoms with Crippen molar-refractivity contribution in [2.75, 3.05) is 0 Å². The van der Waals surface area contributed by atoms with Crippen molar-refractivity contribution in [3.63, 3.8) is 0 Å². The normalized spacial score (nSPS) is 12.9. The first-order valence-corrected chi connectivity index (χ1v) is 8.27. The van der Waals surface area contributed by atoms with Gasteiger partial charge in [0, 0.05) is 5.56 Å². The van der Waals surface area contributed by atoms with E-state index < -0.39 is 34.6 Å². The maximum absolute atomic E-state index is 14.7. The zero-order valence-corrected chi connectivity index (χ0v) is 14.0. The number of halogens is 5. The number of hydrogen-bond donors (Lipinski definition) is 0. The molecule has 0 bridgehead atoms. The van der Waals surface area contributed by atoms with Gasteiger partial charge in [0.25, 0.3) is 0 Å². The number of allylic oxidation sites excluding steroid dienone is 1. The Morgan fingerprint density at radius 2 is 1.54 bits per heavy atom. The van der Waals surface area contributed by atoms with E-state index in [1.165, 1.54) is 6.07 Å². The fraction of sp³-hybridized carbons (Fsp3) is 0.238. The maximum Gasteiger partial charge on any atom is 0.194 e.